The zero-order chi connectivity index (χ0) is 17.7. The number of aromatic nitrogens is 2. The lowest BCUT2D eigenvalue weighted by Gasteiger charge is -2.07. The van der Waals surface area contributed by atoms with E-state index >= 15 is 0 Å². The van der Waals surface area contributed by atoms with Crippen LogP contribution >= 0.6 is 11.3 Å². The highest BCUT2D eigenvalue weighted by Crippen LogP contribution is 2.36. The molecule has 0 aliphatic rings. The van der Waals surface area contributed by atoms with Crippen molar-refractivity contribution < 1.29 is 9.90 Å². The number of hydrogen-bond donors (Lipinski definition) is 1. The number of carboxylic acid groups (broad SMARTS) is 1. The Morgan fingerprint density at radius 2 is 1.77 bits per heavy atom. The first-order valence-corrected chi connectivity index (χ1v) is 9.17. The maximum atomic E-state index is 12.1. The molecule has 0 saturated heterocycles. The summed E-state index contributed by atoms with van der Waals surface area (Å²) in [5.41, 5.74) is 3.22. The first-order valence-electron chi connectivity index (χ1n) is 8.29. The number of aromatic carboxylic acids is 1. The molecule has 0 aliphatic carbocycles. The third-order valence-corrected chi connectivity index (χ3v) is 5.52. The van der Waals surface area contributed by atoms with Crippen LogP contribution in [0.25, 0.3) is 32.2 Å². The SMILES string of the molecule is O=C(O)c1c2ccsc2nc2c1c1ccccc1n2Cc1ccccc1. The molecule has 0 amide bonds. The second kappa shape index (κ2) is 5.68. The van der Waals surface area contributed by atoms with Crippen molar-refractivity contribution in [1.29, 1.82) is 0 Å². The van der Waals surface area contributed by atoms with Crippen LogP contribution < -0.4 is 0 Å². The first-order chi connectivity index (χ1) is 12.7. The van der Waals surface area contributed by atoms with Crippen LogP contribution in [0, 0.1) is 0 Å². The number of carboxylic acids is 1. The molecule has 2 aromatic carbocycles. The van der Waals surface area contributed by atoms with Gasteiger partial charge in [-0.2, -0.15) is 0 Å². The van der Waals surface area contributed by atoms with E-state index in [1.165, 1.54) is 11.3 Å². The Labute approximate surface area is 152 Å². The van der Waals surface area contributed by atoms with Crippen molar-refractivity contribution in [2.24, 2.45) is 0 Å². The van der Waals surface area contributed by atoms with Crippen molar-refractivity contribution in [1.82, 2.24) is 9.55 Å². The summed E-state index contributed by atoms with van der Waals surface area (Å²) >= 11 is 1.47. The Balaban J connectivity index is 1.94. The van der Waals surface area contributed by atoms with Crippen molar-refractivity contribution >= 4 is 49.5 Å². The molecular formula is C21H14N2O2S. The molecule has 0 aliphatic heterocycles. The maximum absolute atomic E-state index is 12.1. The highest BCUT2D eigenvalue weighted by Gasteiger charge is 2.22. The van der Waals surface area contributed by atoms with Gasteiger partial charge >= 0.3 is 5.97 Å². The molecule has 26 heavy (non-hydrogen) atoms. The Hall–Kier alpha value is -3.18. The number of pyridine rings is 1. The quantitative estimate of drug-likeness (QED) is 0.485. The lowest BCUT2D eigenvalue weighted by molar-refractivity contribution is 0.0701. The standard InChI is InChI=1S/C21H14N2O2S/c24-21(25)18-15-10-11-26-20(15)22-19-17(18)14-8-4-5-9-16(14)23(19)12-13-6-2-1-3-7-13/h1-11H,12H2,(H,24,25). The molecule has 0 unspecified atom stereocenters. The molecule has 0 atom stereocenters. The second-order valence-corrected chi connectivity index (χ2v) is 7.11. The van der Waals surface area contributed by atoms with E-state index in [9.17, 15) is 9.90 Å². The molecular weight excluding hydrogens is 344 g/mol. The van der Waals surface area contributed by atoms with Crippen LogP contribution in [0.15, 0.2) is 66.0 Å². The lowest BCUT2D eigenvalue weighted by Crippen LogP contribution is -2.03. The van der Waals surface area contributed by atoms with Gasteiger partial charge in [-0.3, -0.25) is 0 Å². The van der Waals surface area contributed by atoms with E-state index in [0.717, 1.165) is 32.3 Å². The molecule has 3 heterocycles. The maximum Gasteiger partial charge on any atom is 0.337 e. The van der Waals surface area contributed by atoms with E-state index in [1.54, 1.807) is 0 Å². The zero-order valence-electron chi connectivity index (χ0n) is 13.7. The number of carbonyl (C=O) groups is 1. The molecule has 5 heteroatoms. The minimum Gasteiger partial charge on any atom is -0.478 e. The van der Waals surface area contributed by atoms with E-state index in [1.807, 2.05) is 53.9 Å². The monoisotopic (exact) mass is 358 g/mol. The van der Waals surface area contributed by atoms with E-state index in [-0.39, 0.29) is 0 Å². The van der Waals surface area contributed by atoms with E-state index < -0.39 is 5.97 Å². The third kappa shape index (κ3) is 2.14. The topological polar surface area (TPSA) is 55.1 Å². The normalized spacial score (nSPS) is 11.5. The summed E-state index contributed by atoms with van der Waals surface area (Å²) in [6, 6.07) is 19.9. The minimum atomic E-state index is -0.914. The van der Waals surface area contributed by atoms with Gasteiger partial charge < -0.3 is 9.67 Å². The van der Waals surface area contributed by atoms with Crippen molar-refractivity contribution in [3.63, 3.8) is 0 Å². The third-order valence-electron chi connectivity index (χ3n) is 4.71. The number of nitrogens with zero attached hydrogens (tertiary/aromatic N) is 2. The molecule has 0 spiro atoms. The van der Waals surface area contributed by atoms with Gasteiger partial charge in [-0.25, -0.2) is 9.78 Å². The summed E-state index contributed by atoms with van der Waals surface area (Å²) in [7, 11) is 0. The van der Waals surface area contributed by atoms with Crippen LogP contribution in [0.1, 0.15) is 15.9 Å². The van der Waals surface area contributed by atoms with E-state index in [4.69, 9.17) is 4.98 Å². The van der Waals surface area contributed by atoms with Crippen molar-refractivity contribution in [2.75, 3.05) is 0 Å². The Kier molecular flexibility index (Phi) is 3.30. The molecule has 0 radical (unpaired) electrons. The highest BCUT2D eigenvalue weighted by molar-refractivity contribution is 7.16. The van der Waals surface area contributed by atoms with Crippen molar-refractivity contribution in [3.05, 3.63) is 77.2 Å². The Morgan fingerprint density at radius 1 is 1.00 bits per heavy atom. The van der Waals surface area contributed by atoms with Gasteiger partial charge in [0.25, 0.3) is 0 Å². The van der Waals surface area contributed by atoms with E-state index in [0.29, 0.717) is 17.5 Å². The summed E-state index contributed by atoms with van der Waals surface area (Å²) < 4.78 is 2.12. The lowest BCUT2D eigenvalue weighted by atomic mass is 10.1. The predicted octanol–water partition coefficient (Wildman–Crippen LogP) is 5.15. The molecule has 4 nitrogen and oxygen atoms in total. The summed E-state index contributed by atoms with van der Waals surface area (Å²) in [6.07, 6.45) is 0. The van der Waals surface area contributed by atoms with Crippen LogP contribution in [-0.2, 0) is 6.54 Å². The molecule has 5 rings (SSSR count). The molecule has 3 aromatic heterocycles. The molecule has 126 valence electrons. The number of benzene rings is 2. The van der Waals surface area contributed by atoms with Gasteiger partial charge in [0.15, 0.2) is 0 Å². The smallest absolute Gasteiger partial charge is 0.337 e. The minimum absolute atomic E-state index is 0.342. The molecule has 1 N–H and O–H groups in total. The fourth-order valence-electron chi connectivity index (χ4n) is 3.61. The summed E-state index contributed by atoms with van der Waals surface area (Å²) in [4.78, 5) is 17.7. The highest BCUT2D eigenvalue weighted by atomic mass is 32.1. The van der Waals surface area contributed by atoms with E-state index in [2.05, 4.69) is 16.7 Å². The predicted molar refractivity (Wildman–Crippen MR) is 105 cm³/mol. The van der Waals surface area contributed by atoms with Gasteiger partial charge in [-0.1, -0.05) is 48.5 Å². The van der Waals surface area contributed by atoms with Crippen LogP contribution in [0.4, 0.5) is 0 Å². The average molecular weight is 358 g/mol. The number of thiophene rings is 1. The zero-order valence-corrected chi connectivity index (χ0v) is 14.5. The van der Waals surface area contributed by atoms with Crippen LogP contribution in [-0.4, -0.2) is 20.6 Å². The van der Waals surface area contributed by atoms with Gasteiger partial charge in [-0.15, -0.1) is 11.3 Å². The van der Waals surface area contributed by atoms with Crippen LogP contribution in [0.3, 0.4) is 0 Å². The average Bonchev–Trinajstić information content (AvgIpc) is 3.24. The summed E-state index contributed by atoms with van der Waals surface area (Å²) in [5.74, 6) is -0.914. The van der Waals surface area contributed by atoms with Crippen LogP contribution in [0.2, 0.25) is 0 Å². The second-order valence-electron chi connectivity index (χ2n) is 6.22. The number of hydrogen-bond acceptors (Lipinski definition) is 3. The molecule has 5 aromatic rings. The number of para-hydroxylation sites is 1. The Bertz CT molecular complexity index is 1290. The summed E-state index contributed by atoms with van der Waals surface area (Å²) in [5, 5.41) is 14.2. The van der Waals surface area contributed by atoms with Gasteiger partial charge in [0.05, 0.1) is 11.1 Å². The fourth-order valence-corrected chi connectivity index (χ4v) is 4.38. The van der Waals surface area contributed by atoms with Gasteiger partial charge in [0.1, 0.15) is 10.5 Å². The van der Waals surface area contributed by atoms with Crippen molar-refractivity contribution in [2.45, 2.75) is 6.54 Å². The van der Waals surface area contributed by atoms with Crippen molar-refractivity contribution in [3.8, 4) is 0 Å². The fraction of sp³-hybridized carbons (Fsp3) is 0.0476. The van der Waals surface area contributed by atoms with Gasteiger partial charge in [0, 0.05) is 22.7 Å². The largest absolute Gasteiger partial charge is 0.478 e. The number of fused-ring (bicyclic) bond motifs is 4. The first kappa shape index (κ1) is 15.1. The summed E-state index contributed by atoms with van der Waals surface area (Å²) in [6.45, 7) is 0.647. The molecule has 0 bridgehead atoms. The van der Waals surface area contributed by atoms with Crippen LogP contribution in [0.5, 0.6) is 0 Å². The van der Waals surface area contributed by atoms with Gasteiger partial charge in [0.2, 0.25) is 0 Å². The molecule has 0 saturated carbocycles. The van der Waals surface area contributed by atoms with Gasteiger partial charge in [-0.05, 0) is 23.1 Å². The molecule has 0 fully saturated rings. The Morgan fingerprint density at radius 3 is 2.58 bits per heavy atom. The number of rotatable bonds is 3.